The summed E-state index contributed by atoms with van der Waals surface area (Å²) in [5.74, 6) is -0.0230. The third-order valence-corrected chi connectivity index (χ3v) is 4.64. The Morgan fingerprint density at radius 1 is 1.30 bits per heavy atom. The maximum absolute atomic E-state index is 12.6. The molecule has 2 atom stereocenters. The molecule has 5 heteroatoms. The van der Waals surface area contributed by atoms with Crippen molar-refractivity contribution in [3.63, 3.8) is 0 Å². The molecule has 3 rings (SSSR count). The van der Waals surface area contributed by atoms with Crippen LogP contribution in [0.4, 0.5) is 0 Å². The second kappa shape index (κ2) is 6.96. The number of aliphatic hydroxyl groups is 1. The number of likely N-dealkylation sites (N-methyl/N-ethyl adjacent to an activating group) is 1. The third kappa shape index (κ3) is 3.62. The van der Waals surface area contributed by atoms with Gasteiger partial charge in [-0.05, 0) is 30.5 Å². The number of imidazole rings is 1. The molecule has 0 aliphatic heterocycles. The summed E-state index contributed by atoms with van der Waals surface area (Å²) in [6.45, 7) is 0.742. The van der Waals surface area contributed by atoms with Gasteiger partial charge in [0.15, 0.2) is 0 Å². The molecule has 0 saturated heterocycles. The Morgan fingerprint density at radius 2 is 2.04 bits per heavy atom. The van der Waals surface area contributed by atoms with Gasteiger partial charge in [-0.25, -0.2) is 4.98 Å². The number of carbonyl (C=O) groups is 1. The van der Waals surface area contributed by atoms with Gasteiger partial charge in [-0.2, -0.15) is 0 Å². The molecule has 23 heavy (non-hydrogen) atoms. The molecule has 1 fully saturated rings. The van der Waals surface area contributed by atoms with E-state index < -0.39 is 6.10 Å². The number of aromatic nitrogens is 2. The van der Waals surface area contributed by atoms with Gasteiger partial charge in [-0.15, -0.1) is 0 Å². The van der Waals surface area contributed by atoms with Crippen molar-refractivity contribution < 1.29 is 9.90 Å². The molecule has 0 radical (unpaired) electrons. The minimum Gasteiger partial charge on any atom is -0.391 e. The first-order chi connectivity index (χ1) is 11.1. The van der Waals surface area contributed by atoms with Crippen LogP contribution in [0.5, 0.6) is 0 Å². The van der Waals surface area contributed by atoms with E-state index >= 15 is 0 Å². The van der Waals surface area contributed by atoms with Crippen LogP contribution >= 0.6 is 0 Å². The highest BCUT2D eigenvalue weighted by Gasteiger charge is 2.29. The van der Waals surface area contributed by atoms with E-state index in [4.69, 9.17) is 0 Å². The lowest BCUT2D eigenvalue weighted by Crippen LogP contribution is -2.46. The molecule has 2 aromatic rings. The summed E-state index contributed by atoms with van der Waals surface area (Å²) >= 11 is 0. The third-order valence-electron chi connectivity index (χ3n) is 4.64. The largest absolute Gasteiger partial charge is 0.391 e. The first kappa shape index (κ1) is 15.7. The standard InChI is InChI=1S/C18H23N3O2/c1-20(16-4-2-3-5-17(16)22)18(23)15-8-6-14(7-9-15)12-21-11-10-19-13-21/h6-11,13,16-17,22H,2-5,12H2,1H3/t16-,17-/m1/s1. The fourth-order valence-electron chi connectivity index (χ4n) is 3.24. The normalized spacial score (nSPS) is 21.1. The molecular weight excluding hydrogens is 290 g/mol. The van der Waals surface area contributed by atoms with Crippen molar-refractivity contribution in [3.05, 3.63) is 54.1 Å². The molecule has 0 spiro atoms. The van der Waals surface area contributed by atoms with Crippen LogP contribution in [-0.2, 0) is 6.54 Å². The van der Waals surface area contributed by atoms with Crippen molar-refractivity contribution in [1.82, 2.24) is 14.5 Å². The lowest BCUT2D eigenvalue weighted by Gasteiger charge is -2.35. The van der Waals surface area contributed by atoms with E-state index in [-0.39, 0.29) is 11.9 Å². The number of amides is 1. The predicted molar refractivity (Wildman–Crippen MR) is 88.1 cm³/mol. The molecule has 0 unspecified atom stereocenters. The van der Waals surface area contributed by atoms with Crippen molar-refractivity contribution in [2.75, 3.05) is 7.05 Å². The molecular formula is C18H23N3O2. The summed E-state index contributed by atoms with van der Waals surface area (Å²) < 4.78 is 1.99. The molecule has 1 aliphatic rings. The summed E-state index contributed by atoms with van der Waals surface area (Å²) in [6.07, 6.45) is 8.81. The maximum Gasteiger partial charge on any atom is 0.253 e. The van der Waals surface area contributed by atoms with Crippen molar-refractivity contribution in [3.8, 4) is 0 Å². The van der Waals surface area contributed by atoms with Crippen LogP contribution in [0, 0.1) is 0 Å². The fourth-order valence-corrected chi connectivity index (χ4v) is 3.24. The Kier molecular flexibility index (Phi) is 4.76. The Morgan fingerprint density at radius 3 is 2.70 bits per heavy atom. The molecule has 1 heterocycles. The predicted octanol–water partition coefficient (Wildman–Crippen LogP) is 2.31. The summed E-state index contributed by atoms with van der Waals surface area (Å²) in [5.41, 5.74) is 1.79. The summed E-state index contributed by atoms with van der Waals surface area (Å²) in [4.78, 5) is 18.3. The Bertz CT molecular complexity index is 637. The molecule has 0 bridgehead atoms. The maximum atomic E-state index is 12.6. The highest BCUT2D eigenvalue weighted by atomic mass is 16.3. The minimum absolute atomic E-state index is 0.0230. The summed E-state index contributed by atoms with van der Waals surface area (Å²) in [6, 6.07) is 7.60. The van der Waals surface area contributed by atoms with E-state index in [2.05, 4.69) is 4.98 Å². The molecule has 1 N–H and O–H groups in total. The fraction of sp³-hybridized carbons (Fsp3) is 0.444. The van der Waals surface area contributed by atoms with E-state index in [1.807, 2.05) is 35.0 Å². The van der Waals surface area contributed by atoms with Gasteiger partial charge in [0.1, 0.15) is 0 Å². The number of rotatable bonds is 4. The van der Waals surface area contributed by atoms with Crippen LogP contribution in [0.15, 0.2) is 43.0 Å². The molecule has 1 aliphatic carbocycles. The monoisotopic (exact) mass is 313 g/mol. The molecule has 1 saturated carbocycles. The number of hydrogen-bond acceptors (Lipinski definition) is 3. The highest BCUT2D eigenvalue weighted by molar-refractivity contribution is 5.94. The second-order valence-corrected chi connectivity index (χ2v) is 6.27. The van der Waals surface area contributed by atoms with Gasteiger partial charge in [-0.3, -0.25) is 4.79 Å². The van der Waals surface area contributed by atoms with Gasteiger partial charge >= 0.3 is 0 Å². The van der Waals surface area contributed by atoms with Crippen LogP contribution in [0.2, 0.25) is 0 Å². The number of nitrogens with zero attached hydrogens (tertiary/aromatic N) is 3. The SMILES string of the molecule is CN(C(=O)c1ccc(Cn2ccnc2)cc1)[C@@H]1CCCC[C@H]1O. The number of carbonyl (C=O) groups excluding carboxylic acids is 1. The summed E-state index contributed by atoms with van der Waals surface area (Å²) in [5, 5.41) is 10.1. The smallest absolute Gasteiger partial charge is 0.253 e. The Hall–Kier alpha value is -2.14. The number of aliphatic hydroxyl groups excluding tert-OH is 1. The molecule has 1 amide bonds. The van der Waals surface area contributed by atoms with Crippen LogP contribution < -0.4 is 0 Å². The van der Waals surface area contributed by atoms with E-state index in [1.54, 1.807) is 24.5 Å². The van der Waals surface area contributed by atoms with Gasteiger partial charge in [0.25, 0.3) is 5.91 Å². The summed E-state index contributed by atoms with van der Waals surface area (Å²) in [7, 11) is 1.79. The van der Waals surface area contributed by atoms with E-state index in [0.717, 1.165) is 37.8 Å². The molecule has 122 valence electrons. The van der Waals surface area contributed by atoms with Gasteiger partial charge in [0.05, 0.1) is 18.5 Å². The van der Waals surface area contributed by atoms with Crippen LogP contribution in [0.25, 0.3) is 0 Å². The van der Waals surface area contributed by atoms with Gasteiger partial charge in [0.2, 0.25) is 0 Å². The second-order valence-electron chi connectivity index (χ2n) is 6.27. The van der Waals surface area contributed by atoms with Crippen LogP contribution in [0.3, 0.4) is 0 Å². The molecule has 1 aromatic carbocycles. The zero-order valence-electron chi connectivity index (χ0n) is 13.4. The zero-order chi connectivity index (χ0) is 16.2. The molecule has 1 aromatic heterocycles. The minimum atomic E-state index is -0.404. The average molecular weight is 313 g/mol. The lowest BCUT2D eigenvalue weighted by molar-refractivity contribution is 0.0268. The first-order valence-corrected chi connectivity index (χ1v) is 8.15. The molecule has 5 nitrogen and oxygen atoms in total. The van der Waals surface area contributed by atoms with E-state index in [1.165, 1.54) is 0 Å². The van der Waals surface area contributed by atoms with Crippen LogP contribution in [-0.4, -0.2) is 44.7 Å². The van der Waals surface area contributed by atoms with Crippen molar-refractivity contribution in [1.29, 1.82) is 0 Å². The van der Waals surface area contributed by atoms with Gasteiger partial charge in [0, 0.05) is 31.5 Å². The average Bonchev–Trinajstić information content (AvgIpc) is 3.08. The van der Waals surface area contributed by atoms with Crippen molar-refractivity contribution in [2.24, 2.45) is 0 Å². The quantitative estimate of drug-likeness (QED) is 0.942. The van der Waals surface area contributed by atoms with Gasteiger partial charge in [-0.1, -0.05) is 25.0 Å². The number of benzene rings is 1. The van der Waals surface area contributed by atoms with Crippen molar-refractivity contribution in [2.45, 2.75) is 44.4 Å². The van der Waals surface area contributed by atoms with Gasteiger partial charge < -0.3 is 14.6 Å². The van der Waals surface area contributed by atoms with E-state index in [0.29, 0.717) is 5.56 Å². The van der Waals surface area contributed by atoms with E-state index in [9.17, 15) is 9.90 Å². The topological polar surface area (TPSA) is 58.4 Å². The Labute approximate surface area is 136 Å². The Balaban J connectivity index is 1.67. The first-order valence-electron chi connectivity index (χ1n) is 8.15. The lowest BCUT2D eigenvalue weighted by atomic mass is 9.91. The highest BCUT2D eigenvalue weighted by Crippen LogP contribution is 2.23. The van der Waals surface area contributed by atoms with Crippen molar-refractivity contribution >= 4 is 5.91 Å². The zero-order valence-corrected chi connectivity index (χ0v) is 13.4. The van der Waals surface area contributed by atoms with Crippen LogP contribution in [0.1, 0.15) is 41.6 Å². The number of hydrogen-bond donors (Lipinski definition) is 1.